The Morgan fingerprint density at radius 2 is 1.88 bits per heavy atom. The van der Waals surface area contributed by atoms with Crippen LogP contribution in [0.4, 0.5) is 11.4 Å². The van der Waals surface area contributed by atoms with E-state index in [1.165, 1.54) is 19.2 Å². The lowest BCUT2D eigenvalue weighted by Crippen LogP contribution is -2.28. The lowest BCUT2D eigenvalue weighted by Gasteiger charge is -2.13. The van der Waals surface area contributed by atoms with Crippen LogP contribution in [0.15, 0.2) is 42.5 Å². The van der Waals surface area contributed by atoms with Gasteiger partial charge < -0.3 is 20.1 Å². The minimum Gasteiger partial charge on any atom is -0.497 e. The van der Waals surface area contributed by atoms with Crippen LogP contribution < -0.4 is 20.1 Å². The zero-order valence-corrected chi connectivity index (χ0v) is 14.1. The monoisotopic (exact) mass is 347 g/mol. The second-order valence-corrected chi connectivity index (χ2v) is 5.21. The van der Waals surface area contributed by atoms with Crippen molar-refractivity contribution < 1.29 is 14.4 Å². The standard InChI is InChI=1S/C16H17N3O4S/c1-22-13-6-3-11(4-7-13)10-17-16(24)18-14-8-5-12(19(20)21)9-15(14)23-2/h3-9H,10H2,1-2H3,(H2,17,18,24). The topological polar surface area (TPSA) is 85.7 Å². The highest BCUT2D eigenvalue weighted by Crippen LogP contribution is 2.28. The van der Waals surface area contributed by atoms with E-state index in [4.69, 9.17) is 21.7 Å². The van der Waals surface area contributed by atoms with Gasteiger partial charge >= 0.3 is 0 Å². The SMILES string of the molecule is COc1ccc(CNC(=S)Nc2ccc([N+](=O)[O-])cc2OC)cc1. The van der Waals surface area contributed by atoms with Crippen molar-refractivity contribution in [3.8, 4) is 11.5 Å². The maximum atomic E-state index is 10.8. The summed E-state index contributed by atoms with van der Waals surface area (Å²) in [5, 5.41) is 17.2. The molecule has 24 heavy (non-hydrogen) atoms. The average molecular weight is 347 g/mol. The second-order valence-electron chi connectivity index (χ2n) is 4.80. The van der Waals surface area contributed by atoms with Gasteiger partial charge in [0.15, 0.2) is 5.11 Å². The number of rotatable bonds is 6. The Hall–Kier alpha value is -2.87. The van der Waals surface area contributed by atoms with Gasteiger partial charge in [0.05, 0.1) is 30.9 Å². The van der Waals surface area contributed by atoms with Crippen molar-refractivity contribution >= 4 is 28.7 Å². The molecule has 8 heteroatoms. The maximum absolute atomic E-state index is 10.8. The molecule has 0 unspecified atom stereocenters. The maximum Gasteiger partial charge on any atom is 0.273 e. The number of benzene rings is 2. The van der Waals surface area contributed by atoms with E-state index in [0.717, 1.165) is 11.3 Å². The number of hydrogen-bond acceptors (Lipinski definition) is 5. The molecule has 0 saturated heterocycles. The van der Waals surface area contributed by atoms with Crippen molar-refractivity contribution in [2.75, 3.05) is 19.5 Å². The Morgan fingerprint density at radius 3 is 2.46 bits per heavy atom. The lowest BCUT2D eigenvalue weighted by molar-refractivity contribution is -0.384. The van der Waals surface area contributed by atoms with Crippen LogP contribution in [0, 0.1) is 10.1 Å². The highest BCUT2D eigenvalue weighted by molar-refractivity contribution is 7.80. The third-order valence-electron chi connectivity index (χ3n) is 3.26. The van der Waals surface area contributed by atoms with Gasteiger partial charge in [0.1, 0.15) is 11.5 Å². The molecule has 2 aromatic carbocycles. The van der Waals surface area contributed by atoms with E-state index in [9.17, 15) is 10.1 Å². The summed E-state index contributed by atoms with van der Waals surface area (Å²) in [6.45, 7) is 0.533. The molecule has 0 fully saturated rings. The minimum absolute atomic E-state index is 0.0467. The number of methoxy groups -OCH3 is 2. The van der Waals surface area contributed by atoms with Gasteiger partial charge in [0.2, 0.25) is 0 Å². The van der Waals surface area contributed by atoms with Crippen LogP contribution in [-0.4, -0.2) is 24.3 Å². The molecule has 0 saturated carbocycles. The number of hydrogen-bond donors (Lipinski definition) is 2. The Kier molecular flexibility index (Phi) is 5.91. The molecule has 0 heterocycles. The molecule has 2 rings (SSSR count). The smallest absolute Gasteiger partial charge is 0.273 e. The Labute approximate surface area is 144 Å². The fraction of sp³-hybridized carbons (Fsp3) is 0.188. The predicted molar refractivity (Wildman–Crippen MR) is 95.7 cm³/mol. The summed E-state index contributed by atoms with van der Waals surface area (Å²) in [4.78, 5) is 10.3. The van der Waals surface area contributed by atoms with Crippen LogP contribution in [0.2, 0.25) is 0 Å². The Balaban J connectivity index is 1.97. The Morgan fingerprint density at radius 1 is 1.17 bits per heavy atom. The van der Waals surface area contributed by atoms with E-state index in [0.29, 0.717) is 23.1 Å². The fourth-order valence-corrected chi connectivity index (χ4v) is 2.17. The first-order chi connectivity index (χ1) is 11.5. The molecule has 2 N–H and O–H groups in total. The molecule has 0 bridgehead atoms. The fourth-order valence-electron chi connectivity index (χ4n) is 1.99. The average Bonchev–Trinajstić information content (AvgIpc) is 2.60. The summed E-state index contributed by atoms with van der Waals surface area (Å²) in [5.41, 5.74) is 1.54. The summed E-state index contributed by atoms with van der Waals surface area (Å²) in [7, 11) is 3.06. The van der Waals surface area contributed by atoms with Crippen LogP contribution in [0.3, 0.4) is 0 Å². The van der Waals surface area contributed by atoms with Crippen molar-refractivity contribution in [2.45, 2.75) is 6.54 Å². The van der Waals surface area contributed by atoms with E-state index >= 15 is 0 Å². The number of nitrogens with zero attached hydrogens (tertiary/aromatic N) is 1. The van der Waals surface area contributed by atoms with Crippen LogP contribution in [0.5, 0.6) is 11.5 Å². The third-order valence-corrected chi connectivity index (χ3v) is 3.50. The van der Waals surface area contributed by atoms with Gasteiger partial charge in [-0.25, -0.2) is 0 Å². The molecule has 0 radical (unpaired) electrons. The quantitative estimate of drug-likeness (QED) is 0.472. The largest absolute Gasteiger partial charge is 0.497 e. The second kappa shape index (κ2) is 8.11. The van der Waals surface area contributed by atoms with E-state index < -0.39 is 4.92 Å². The van der Waals surface area contributed by atoms with Crippen LogP contribution in [0.25, 0.3) is 0 Å². The number of nitro groups is 1. The van der Waals surface area contributed by atoms with Gasteiger partial charge in [-0.2, -0.15) is 0 Å². The van der Waals surface area contributed by atoms with E-state index in [2.05, 4.69) is 10.6 Å². The highest BCUT2D eigenvalue weighted by atomic mass is 32.1. The first kappa shape index (κ1) is 17.5. The van der Waals surface area contributed by atoms with Gasteiger partial charge in [-0.05, 0) is 36.0 Å². The molecule has 0 spiro atoms. The molecule has 126 valence electrons. The zero-order valence-electron chi connectivity index (χ0n) is 13.2. The van der Waals surface area contributed by atoms with Gasteiger partial charge in [-0.3, -0.25) is 10.1 Å². The molecule has 0 aliphatic carbocycles. The first-order valence-electron chi connectivity index (χ1n) is 7.03. The number of ether oxygens (including phenoxy) is 2. The van der Waals surface area contributed by atoms with E-state index in [-0.39, 0.29) is 5.69 Å². The number of thiocarbonyl (C=S) groups is 1. The van der Waals surface area contributed by atoms with E-state index in [1.54, 1.807) is 13.2 Å². The van der Waals surface area contributed by atoms with Crippen molar-refractivity contribution in [1.82, 2.24) is 5.32 Å². The number of nitro benzene ring substituents is 1. The summed E-state index contributed by atoms with van der Waals surface area (Å²) in [5.74, 6) is 1.13. The molecular formula is C16H17N3O4S. The molecule has 0 aromatic heterocycles. The number of anilines is 1. The molecule has 7 nitrogen and oxygen atoms in total. The predicted octanol–water partition coefficient (Wildman–Crippen LogP) is 3.10. The van der Waals surface area contributed by atoms with Crippen molar-refractivity contribution in [2.24, 2.45) is 0 Å². The van der Waals surface area contributed by atoms with Crippen LogP contribution in [0.1, 0.15) is 5.56 Å². The summed E-state index contributed by atoms with van der Waals surface area (Å²) in [6, 6.07) is 11.9. The summed E-state index contributed by atoms with van der Waals surface area (Å²) in [6.07, 6.45) is 0. The van der Waals surface area contributed by atoms with Crippen molar-refractivity contribution in [3.63, 3.8) is 0 Å². The third kappa shape index (κ3) is 4.56. The normalized spacial score (nSPS) is 9.92. The zero-order chi connectivity index (χ0) is 17.5. The highest BCUT2D eigenvalue weighted by Gasteiger charge is 2.12. The van der Waals surface area contributed by atoms with Crippen LogP contribution >= 0.6 is 12.2 Å². The van der Waals surface area contributed by atoms with Gasteiger partial charge in [0.25, 0.3) is 5.69 Å². The molecule has 0 aliphatic heterocycles. The van der Waals surface area contributed by atoms with Crippen molar-refractivity contribution in [1.29, 1.82) is 0 Å². The van der Waals surface area contributed by atoms with Gasteiger partial charge in [-0.15, -0.1) is 0 Å². The molecule has 0 atom stereocenters. The Bertz CT molecular complexity index is 735. The van der Waals surface area contributed by atoms with Crippen LogP contribution in [-0.2, 0) is 6.54 Å². The van der Waals surface area contributed by atoms with E-state index in [1.807, 2.05) is 24.3 Å². The molecule has 2 aromatic rings. The first-order valence-corrected chi connectivity index (χ1v) is 7.44. The summed E-state index contributed by atoms with van der Waals surface area (Å²) < 4.78 is 10.3. The molecule has 0 aliphatic rings. The van der Waals surface area contributed by atoms with Gasteiger partial charge in [0, 0.05) is 12.6 Å². The lowest BCUT2D eigenvalue weighted by atomic mass is 10.2. The van der Waals surface area contributed by atoms with Gasteiger partial charge in [-0.1, -0.05) is 12.1 Å². The molecular weight excluding hydrogens is 330 g/mol. The number of nitrogens with one attached hydrogen (secondary N) is 2. The summed E-state index contributed by atoms with van der Waals surface area (Å²) >= 11 is 5.24. The number of non-ortho nitro benzene ring substituents is 1. The van der Waals surface area contributed by atoms with Crippen molar-refractivity contribution in [3.05, 3.63) is 58.1 Å². The molecule has 0 amide bonds. The minimum atomic E-state index is -0.480.